The molecule has 0 saturated carbocycles. The first-order valence-electron chi connectivity index (χ1n) is 12.5. The van der Waals surface area contributed by atoms with Crippen LogP contribution in [0.1, 0.15) is 33.6 Å². The van der Waals surface area contributed by atoms with E-state index in [1.54, 1.807) is 12.1 Å². The number of esters is 1. The first-order valence-corrected chi connectivity index (χ1v) is 15.7. The molecule has 2 atom stereocenters. The van der Waals surface area contributed by atoms with Gasteiger partial charge in [-0.3, -0.25) is 14.6 Å². The van der Waals surface area contributed by atoms with Crippen molar-refractivity contribution in [1.29, 1.82) is 0 Å². The van der Waals surface area contributed by atoms with Gasteiger partial charge in [-0.25, -0.2) is 18.4 Å². The minimum absolute atomic E-state index is 0. The number of amides is 2. The largest absolute Gasteiger partial charge is 0.469 e. The van der Waals surface area contributed by atoms with Gasteiger partial charge in [-0.1, -0.05) is 42.1 Å². The van der Waals surface area contributed by atoms with E-state index in [0.717, 1.165) is 0 Å². The quantitative estimate of drug-likeness (QED) is 0.0384. The summed E-state index contributed by atoms with van der Waals surface area (Å²) in [5.74, 6) is -1.26. The third kappa shape index (κ3) is 14.5. The average Bonchev–Trinajstić information content (AvgIpc) is 3.55. The molecule has 2 heterocycles. The summed E-state index contributed by atoms with van der Waals surface area (Å²) in [6, 6.07) is 8.76. The van der Waals surface area contributed by atoms with E-state index in [2.05, 4.69) is 76.1 Å². The van der Waals surface area contributed by atoms with Crippen LogP contribution in [0.5, 0.6) is 0 Å². The number of azide groups is 1. The molecule has 4 radical (unpaired) electrons. The molecular weight excluding hydrogens is 877 g/mol. The first kappa shape index (κ1) is 45.1. The minimum Gasteiger partial charge on any atom is -0.469 e. The number of hydrogen-bond acceptors (Lipinski definition) is 7. The summed E-state index contributed by atoms with van der Waals surface area (Å²) < 4.78 is 43.4. The average molecular weight is 909 g/mol. The van der Waals surface area contributed by atoms with Crippen LogP contribution in [0.3, 0.4) is 0 Å². The summed E-state index contributed by atoms with van der Waals surface area (Å²) in [5, 5.41) is 3.34. The van der Waals surface area contributed by atoms with Crippen molar-refractivity contribution in [1.82, 2.24) is 0 Å². The van der Waals surface area contributed by atoms with Crippen LogP contribution in [0.15, 0.2) is 50.5 Å². The first-order chi connectivity index (χ1) is 20.0. The Labute approximate surface area is 305 Å². The van der Waals surface area contributed by atoms with E-state index >= 15 is 0 Å². The molecule has 45 heavy (non-hydrogen) atoms. The third-order valence-corrected chi connectivity index (χ3v) is 7.98. The number of rotatable bonds is 8. The topological polar surface area (TPSA) is 134 Å². The van der Waals surface area contributed by atoms with Crippen LogP contribution in [-0.2, 0) is 37.6 Å². The molecule has 2 aromatic rings. The molecule has 2 amide bonds. The molecule has 244 valence electrons. The third-order valence-electron chi connectivity index (χ3n) is 5.61. The van der Waals surface area contributed by atoms with Gasteiger partial charge in [0, 0.05) is 38.3 Å². The number of carbonyl (C=O) groups is 3. The van der Waals surface area contributed by atoms with Crippen LogP contribution in [0.25, 0.3) is 10.4 Å². The summed E-state index contributed by atoms with van der Waals surface area (Å²) in [4.78, 5) is 39.6. The molecule has 0 spiro atoms. The minimum atomic E-state index is -0.574. The Balaban J connectivity index is 0. The molecule has 2 fully saturated rings. The van der Waals surface area contributed by atoms with E-state index in [9.17, 15) is 23.2 Å². The van der Waals surface area contributed by atoms with Crippen LogP contribution in [0, 0.1) is 11.6 Å². The maximum absolute atomic E-state index is 13.5. The number of cyclic esters (lactones) is 2. The normalized spacial score (nSPS) is 16.1. The van der Waals surface area contributed by atoms with E-state index in [0.29, 0.717) is 26.7 Å². The van der Waals surface area contributed by atoms with E-state index < -0.39 is 36.0 Å². The fraction of sp³-hybridized carbons (Fsp3) is 0.444. The van der Waals surface area contributed by atoms with Crippen molar-refractivity contribution in [2.45, 2.75) is 45.8 Å². The monoisotopic (exact) mass is 907 g/mol. The fourth-order valence-corrected chi connectivity index (χ4v) is 4.02. The summed E-state index contributed by atoms with van der Waals surface area (Å²) >= 11 is 8.44. The molecule has 2 saturated heterocycles. The molecule has 18 heteroatoms. The number of carbonyl (C=O) groups excluding carboxylic acids is 3. The Morgan fingerprint density at radius 3 is 1.89 bits per heavy atom. The SMILES string of the molecule is C.CCCI.COC(=O)CC[C@H]1CN(c2ccc(Br)c(F)c2)C(=O)O1.[B].[N-]=[N+]=NC[C@H]1CN(c2ccc(Br)c(F)c2)C(=O)O1.[V]. The van der Waals surface area contributed by atoms with E-state index in [1.807, 2.05) is 0 Å². The van der Waals surface area contributed by atoms with Gasteiger partial charge >= 0.3 is 18.2 Å². The van der Waals surface area contributed by atoms with Crippen molar-refractivity contribution in [2.24, 2.45) is 5.11 Å². The van der Waals surface area contributed by atoms with Crippen LogP contribution >= 0.6 is 54.5 Å². The van der Waals surface area contributed by atoms with Gasteiger partial charge in [0.25, 0.3) is 0 Å². The summed E-state index contributed by atoms with van der Waals surface area (Å²) in [6.07, 6.45) is -0.143. The molecule has 2 aliphatic rings. The number of anilines is 2. The molecule has 4 rings (SSSR count). The summed E-state index contributed by atoms with van der Waals surface area (Å²) in [5.41, 5.74) is 9.03. The molecular formula is C27H32BBr2F2IN5O6V. The van der Waals surface area contributed by atoms with Crippen molar-refractivity contribution in [3.63, 3.8) is 0 Å². The van der Waals surface area contributed by atoms with Gasteiger partial charge < -0.3 is 14.2 Å². The number of ether oxygens (including phenoxy) is 3. The van der Waals surface area contributed by atoms with Crippen LogP contribution in [0.2, 0.25) is 0 Å². The molecule has 11 nitrogen and oxygen atoms in total. The number of halogens is 5. The van der Waals surface area contributed by atoms with Crippen LogP contribution in [-0.4, -0.2) is 69.9 Å². The molecule has 0 aliphatic carbocycles. The van der Waals surface area contributed by atoms with Gasteiger partial charge in [0.15, 0.2) is 0 Å². The second-order valence-corrected chi connectivity index (χ2v) is 11.4. The maximum atomic E-state index is 13.5. The van der Waals surface area contributed by atoms with Gasteiger partial charge in [0.2, 0.25) is 0 Å². The number of methoxy groups -OCH3 is 1. The zero-order valence-corrected chi connectivity index (χ0v) is 30.4. The predicted octanol–water partition coefficient (Wildman–Crippen LogP) is 8.17. The molecule has 0 unspecified atom stereocenters. The zero-order valence-electron chi connectivity index (χ0n) is 23.7. The van der Waals surface area contributed by atoms with Crippen molar-refractivity contribution < 1.29 is 55.9 Å². The van der Waals surface area contributed by atoms with Crippen molar-refractivity contribution in [3.8, 4) is 0 Å². The van der Waals surface area contributed by atoms with Gasteiger partial charge in [-0.2, -0.15) is 0 Å². The van der Waals surface area contributed by atoms with Crippen molar-refractivity contribution in [2.75, 3.05) is 41.0 Å². The Kier molecular flexibility index (Phi) is 23.3. The molecule has 0 N–H and O–H groups in total. The van der Waals surface area contributed by atoms with Crippen molar-refractivity contribution >= 4 is 92.4 Å². The summed E-state index contributed by atoms with van der Waals surface area (Å²) in [6.45, 7) is 2.76. The maximum Gasteiger partial charge on any atom is 0.414 e. The van der Waals surface area contributed by atoms with E-state index in [-0.39, 0.29) is 66.4 Å². The van der Waals surface area contributed by atoms with Gasteiger partial charge in [0.05, 0.1) is 47.1 Å². The standard InChI is InChI=1S/C13H13BrFNO4.C10H8BrFN4O2.C3H7I.CH4.B.V/c1-19-12(17)5-3-9-7-16(13(18)20-9)8-2-4-10(14)11(15)6-8;11-8-2-1-6(3-9(8)12)16-5-7(4-14-15-13)18-10(16)17;1-2-3-4;;;/h2,4,6,9H,3,5,7H2,1H3;1-3,7H,4-5H2;2-3H2,1H3;1H4;;/t9-;7-;;;;/m00..../s1. The second-order valence-electron chi connectivity index (χ2n) is 8.65. The van der Waals surface area contributed by atoms with E-state index in [4.69, 9.17) is 15.0 Å². The summed E-state index contributed by atoms with van der Waals surface area (Å²) in [7, 11) is 1.31. The second kappa shape index (κ2) is 23.3. The Hall–Kier alpha value is -2.04. The van der Waals surface area contributed by atoms with Gasteiger partial charge in [-0.15, -0.1) is 0 Å². The molecule has 0 bridgehead atoms. The van der Waals surface area contributed by atoms with Crippen LogP contribution < -0.4 is 9.80 Å². The Morgan fingerprint density at radius 2 is 1.49 bits per heavy atom. The van der Waals surface area contributed by atoms with Crippen LogP contribution in [0.4, 0.5) is 29.7 Å². The van der Waals surface area contributed by atoms with Gasteiger partial charge in [0.1, 0.15) is 23.8 Å². The zero-order chi connectivity index (χ0) is 31.2. The molecule has 0 aromatic heterocycles. The number of nitrogens with zero attached hydrogens (tertiary/aromatic N) is 5. The Bertz CT molecular complexity index is 1320. The van der Waals surface area contributed by atoms with Gasteiger partial charge in [-0.05, 0) is 91.1 Å². The smallest absolute Gasteiger partial charge is 0.414 e. The fourth-order valence-electron chi connectivity index (χ4n) is 3.52. The predicted molar refractivity (Wildman–Crippen MR) is 180 cm³/mol. The molecule has 2 aromatic carbocycles. The number of hydrogen-bond donors (Lipinski definition) is 0. The Morgan fingerprint density at radius 1 is 1.04 bits per heavy atom. The van der Waals surface area contributed by atoms with Crippen molar-refractivity contribution in [3.05, 3.63) is 67.4 Å². The number of alkyl halides is 1. The molecule has 2 aliphatic heterocycles. The number of benzene rings is 2. The van der Waals surface area contributed by atoms with E-state index in [1.165, 1.54) is 52.0 Å².